The topological polar surface area (TPSA) is 111 Å². The molecule has 1 amide bonds. The molecule has 2 aromatic heterocycles. The smallest absolute Gasteiger partial charge is 0.291 e. The molecule has 5 rings (SSSR count). The zero-order valence-electron chi connectivity index (χ0n) is 21.8. The maximum absolute atomic E-state index is 12.7. The van der Waals surface area contributed by atoms with Gasteiger partial charge in [0.2, 0.25) is 0 Å². The lowest BCUT2D eigenvalue weighted by atomic mass is 9.78. The van der Waals surface area contributed by atoms with E-state index in [0.29, 0.717) is 17.2 Å². The third-order valence-corrected chi connectivity index (χ3v) is 8.59. The summed E-state index contributed by atoms with van der Waals surface area (Å²) in [6.45, 7) is 4.53. The van der Waals surface area contributed by atoms with Crippen LogP contribution in [0.4, 0.5) is 10.8 Å². The van der Waals surface area contributed by atoms with Gasteiger partial charge in [-0.1, -0.05) is 56.3 Å². The quantitative estimate of drug-likeness (QED) is 0.193. The van der Waals surface area contributed by atoms with Gasteiger partial charge in [0, 0.05) is 22.7 Å². The van der Waals surface area contributed by atoms with Crippen molar-refractivity contribution in [2.75, 3.05) is 10.0 Å². The number of nitrogens with one attached hydrogen (secondary N) is 2. The molecule has 204 valence electrons. The Morgan fingerprint density at radius 2 is 1.62 bits per heavy atom. The Bertz CT molecular complexity index is 1680. The van der Waals surface area contributed by atoms with Gasteiger partial charge in [0.1, 0.15) is 18.1 Å². The minimum absolute atomic E-state index is 0.0507. The fourth-order valence-electron chi connectivity index (χ4n) is 4.08. The number of nitrogens with zero attached hydrogens (tertiary/aromatic N) is 1. The molecule has 2 heterocycles. The largest absolute Gasteiger partial charge is 0.486 e. The second kappa shape index (κ2) is 11.4. The van der Waals surface area contributed by atoms with Crippen LogP contribution in [0.5, 0.6) is 5.75 Å². The molecule has 8 nitrogen and oxygen atoms in total. The van der Waals surface area contributed by atoms with Gasteiger partial charge < -0.3 is 14.5 Å². The van der Waals surface area contributed by atoms with Crippen LogP contribution in [0.15, 0.2) is 112 Å². The van der Waals surface area contributed by atoms with E-state index in [1.54, 1.807) is 17.5 Å². The van der Waals surface area contributed by atoms with E-state index in [2.05, 4.69) is 53.1 Å². The molecule has 0 aliphatic carbocycles. The van der Waals surface area contributed by atoms with E-state index < -0.39 is 15.9 Å². The highest BCUT2D eigenvalue weighted by molar-refractivity contribution is 7.93. The van der Waals surface area contributed by atoms with Crippen molar-refractivity contribution in [3.8, 4) is 5.75 Å². The van der Waals surface area contributed by atoms with Crippen LogP contribution in [-0.2, 0) is 22.0 Å². The zero-order valence-corrected chi connectivity index (χ0v) is 23.5. The number of sulfonamides is 1. The Hall–Kier alpha value is -4.41. The third kappa shape index (κ3) is 6.24. The zero-order chi connectivity index (χ0) is 28.2. The summed E-state index contributed by atoms with van der Waals surface area (Å²) in [5, 5.41) is 4.66. The lowest BCUT2D eigenvalue weighted by molar-refractivity contribution is 0.0992. The van der Waals surface area contributed by atoms with Crippen molar-refractivity contribution in [1.29, 1.82) is 0 Å². The van der Waals surface area contributed by atoms with E-state index in [1.165, 1.54) is 52.9 Å². The Balaban J connectivity index is 1.16. The molecule has 3 aromatic carbocycles. The predicted molar refractivity (Wildman–Crippen MR) is 155 cm³/mol. The number of rotatable bonds is 10. The maximum atomic E-state index is 12.7. The Morgan fingerprint density at radius 3 is 2.30 bits per heavy atom. The van der Waals surface area contributed by atoms with Crippen molar-refractivity contribution < 1.29 is 22.4 Å². The number of amides is 1. The first-order valence-corrected chi connectivity index (χ1v) is 14.8. The normalized spacial score (nSPS) is 11.7. The molecule has 40 heavy (non-hydrogen) atoms. The van der Waals surface area contributed by atoms with Gasteiger partial charge in [0.25, 0.3) is 15.9 Å². The van der Waals surface area contributed by atoms with E-state index in [4.69, 9.17) is 9.15 Å². The molecule has 5 aromatic rings. The van der Waals surface area contributed by atoms with Crippen molar-refractivity contribution in [2.45, 2.75) is 30.8 Å². The van der Waals surface area contributed by atoms with Crippen LogP contribution < -0.4 is 14.8 Å². The van der Waals surface area contributed by atoms with E-state index >= 15 is 0 Å². The number of aromatic nitrogens is 1. The van der Waals surface area contributed by atoms with Gasteiger partial charge in [-0.3, -0.25) is 9.52 Å². The standard InChI is InChI=1S/C30H27N3O5S2/c1-30(2,21-6-4-3-5-7-21)22-8-12-24(13-9-22)37-20-25-14-17-27(38-25)28(34)32-23-10-15-26(16-11-23)40(35,36)33-29-31-18-19-39-29/h3-19H,20H2,1-2H3,(H,31,33)(H,32,34). The summed E-state index contributed by atoms with van der Waals surface area (Å²) in [5.74, 6) is 0.832. The first-order valence-electron chi connectivity index (χ1n) is 12.4. The summed E-state index contributed by atoms with van der Waals surface area (Å²) in [5.41, 5.74) is 2.68. The Morgan fingerprint density at radius 1 is 0.925 bits per heavy atom. The first-order chi connectivity index (χ1) is 19.2. The minimum Gasteiger partial charge on any atom is -0.486 e. The number of furan rings is 1. The molecular formula is C30H27N3O5S2. The van der Waals surface area contributed by atoms with Crippen molar-refractivity contribution >= 4 is 38.1 Å². The summed E-state index contributed by atoms with van der Waals surface area (Å²) >= 11 is 1.18. The summed E-state index contributed by atoms with van der Waals surface area (Å²) in [4.78, 5) is 16.6. The second-order valence-electron chi connectivity index (χ2n) is 9.49. The van der Waals surface area contributed by atoms with Crippen molar-refractivity contribution in [2.24, 2.45) is 0 Å². The van der Waals surface area contributed by atoms with Crippen LogP contribution >= 0.6 is 11.3 Å². The number of carbonyl (C=O) groups is 1. The molecule has 0 unspecified atom stereocenters. The molecule has 0 aliphatic rings. The van der Waals surface area contributed by atoms with E-state index in [1.807, 2.05) is 30.3 Å². The SMILES string of the molecule is CC(C)(c1ccccc1)c1ccc(OCc2ccc(C(=O)Nc3ccc(S(=O)(=O)Nc4nccs4)cc3)o2)cc1. The fourth-order valence-corrected chi connectivity index (χ4v) is 5.87. The molecule has 2 N–H and O–H groups in total. The molecule has 10 heteroatoms. The van der Waals surface area contributed by atoms with E-state index in [0.717, 1.165) is 0 Å². The van der Waals surface area contributed by atoms with Gasteiger partial charge in [-0.25, -0.2) is 13.4 Å². The molecule has 0 fully saturated rings. The molecule has 0 saturated heterocycles. The van der Waals surface area contributed by atoms with Crippen LogP contribution in [0.2, 0.25) is 0 Å². The van der Waals surface area contributed by atoms with Crippen molar-refractivity contribution in [1.82, 2.24) is 4.98 Å². The summed E-state index contributed by atoms with van der Waals surface area (Å²) in [7, 11) is -3.78. The summed E-state index contributed by atoms with van der Waals surface area (Å²) in [6, 6.07) is 27.3. The fraction of sp³-hybridized carbons (Fsp3) is 0.133. The van der Waals surface area contributed by atoms with Crippen LogP contribution in [0, 0.1) is 0 Å². The summed E-state index contributed by atoms with van der Waals surface area (Å²) in [6.07, 6.45) is 1.51. The van der Waals surface area contributed by atoms with Gasteiger partial charge in [0.05, 0.1) is 4.90 Å². The Kier molecular flexibility index (Phi) is 7.72. The number of benzene rings is 3. The van der Waals surface area contributed by atoms with Crippen LogP contribution in [0.1, 0.15) is 41.3 Å². The highest BCUT2D eigenvalue weighted by atomic mass is 32.2. The van der Waals surface area contributed by atoms with Crippen LogP contribution in [0.3, 0.4) is 0 Å². The predicted octanol–water partition coefficient (Wildman–Crippen LogP) is 6.69. The van der Waals surface area contributed by atoms with Gasteiger partial charge in [-0.15, -0.1) is 11.3 Å². The first kappa shape index (κ1) is 27.2. The van der Waals surface area contributed by atoms with Crippen LogP contribution in [0.25, 0.3) is 0 Å². The molecule has 0 spiro atoms. The minimum atomic E-state index is -3.78. The number of ether oxygens (including phenoxy) is 1. The highest BCUT2D eigenvalue weighted by Gasteiger charge is 2.23. The number of hydrogen-bond donors (Lipinski definition) is 2. The molecule has 0 atom stereocenters. The van der Waals surface area contributed by atoms with Gasteiger partial charge >= 0.3 is 0 Å². The average molecular weight is 574 g/mol. The monoisotopic (exact) mass is 573 g/mol. The molecule has 0 radical (unpaired) electrons. The lowest BCUT2D eigenvalue weighted by Crippen LogP contribution is -2.18. The molecular weight excluding hydrogens is 546 g/mol. The molecule has 0 aliphatic heterocycles. The second-order valence-corrected chi connectivity index (χ2v) is 12.1. The van der Waals surface area contributed by atoms with Crippen molar-refractivity contribution in [3.05, 3.63) is 125 Å². The number of hydrogen-bond acceptors (Lipinski definition) is 7. The highest BCUT2D eigenvalue weighted by Crippen LogP contribution is 2.32. The molecule has 0 bridgehead atoms. The number of anilines is 2. The van der Waals surface area contributed by atoms with Gasteiger partial charge in [-0.05, 0) is 59.7 Å². The third-order valence-electron chi connectivity index (χ3n) is 6.41. The van der Waals surface area contributed by atoms with Crippen molar-refractivity contribution in [3.63, 3.8) is 0 Å². The van der Waals surface area contributed by atoms with Gasteiger partial charge in [0.15, 0.2) is 10.9 Å². The Labute approximate surface area is 236 Å². The van der Waals surface area contributed by atoms with Gasteiger partial charge in [-0.2, -0.15) is 0 Å². The maximum Gasteiger partial charge on any atom is 0.291 e. The summed E-state index contributed by atoms with van der Waals surface area (Å²) < 4.78 is 38.9. The number of thiazole rings is 1. The lowest BCUT2D eigenvalue weighted by Gasteiger charge is -2.26. The van der Waals surface area contributed by atoms with E-state index in [-0.39, 0.29) is 27.8 Å². The molecule has 0 saturated carbocycles. The van der Waals surface area contributed by atoms with Crippen LogP contribution in [-0.4, -0.2) is 19.3 Å². The average Bonchev–Trinajstić information content (AvgIpc) is 3.65. The van der Waals surface area contributed by atoms with E-state index in [9.17, 15) is 13.2 Å². The number of carbonyl (C=O) groups excluding carboxylic acids is 1.